The normalized spacial score (nSPS) is 17.2. The van der Waals surface area contributed by atoms with E-state index in [0.717, 1.165) is 42.3 Å². The van der Waals surface area contributed by atoms with Crippen molar-refractivity contribution in [1.82, 2.24) is 19.9 Å². The molecule has 3 aromatic rings. The molecule has 7 heteroatoms. The predicted octanol–water partition coefficient (Wildman–Crippen LogP) is 3.92. The Morgan fingerprint density at radius 1 is 1.21 bits per heavy atom. The molecule has 3 heterocycles. The van der Waals surface area contributed by atoms with Crippen molar-refractivity contribution in [2.75, 3.05) is 18.5 Å². The first-order chi connectivity index (χ1) is 13.6. The molecule has 4 rings (SSSR count). The Morgan fingerprint density at radius 2 is 2.04 bits per heavy atom. The van der Waals surface area contributed by atoms with Crippen LogP contribution in [0, 0.1) is 13.8 Å². The van der Waals surface area contributed by atoms with Crippen LogP contribution >= 0.6 is 11.3 Å². The monoisotopic (exact) mass is 395 g/mol. The van der Waals surface area contributed by atoms with Crippen molar-refractivity contribution in [1.29, 1.82) is 0 Å². The number of likely N-dealkylation sites (tertiary alicyclic amines) is 1. The molecule has 6 nitrogen and oxygen atoms in total. The molecule has 0 spiro atoms. The lowest BCUT2D eigenvalue weighted by Gasteiger charge is -2.21. The number of aliphatic hydroxyl groups is 1. The second-order valence-corrected chi connectivity index (χ2v) is 8.46. The molecule has 0 bridgehead atoms. The molecule has 1 aromatic carbocycles. The predicted molar refractivity (Wildman–Crippen MR) is 113 cm³/mol. The third kappa shape index (κ3) is 4.38. The summed E-state index contributed by atoms with van der Waals surface area (Å²) in [5, 5.41) is 13.7. The summed E-state index contributed by atoms with van der Waals surface area (Å²) in [5.41, 5.74) is 4.20. The average molecular weight is 396 g/mol. The number of aryl methyl sites for hydroxylation is 2. The minimum absolute atomic E-state index is 0.227. The van der Waals surface area contributed by atoms with Gasteiger partial charge in [0.05, 0.1) is 6.61 Å². The summed E-state index contributed by atoms with van der Waals surface area (Å²) in [6, 6.07) is 8.47. The van der Waals surface area contributed by atoms with Crippen molar-refractivity contribution in [2.45, 2.75) is 39.3 Å². The number of nitrogens with zero attached hydrogens (tertiary/aromatic N) is 4. The topological polar surface area (TPSA) is 74.2 Å². The van der Waals surface area contributed by atoms with Crippen LogP contribution in [0.5, 0.6) is 0 Å². The smallest absolute Gasteiger partial charge is 0.227 e. The van der Waals surface area contributed by atoms with E-state index in [9.17, 15) is 5.11 Å². The molecule has 28 heavy (non-hydrogen) atoms. The minimum atomic E-state index is 0.227. The molecular weight excluding hydrogens is 370 g/mol. The van der Waals surface area contributed by atoms with Crippen molar-refractivity contribution >= 4 is 23.0 Å². The van der Waals surface area contributed by atoms with Crippen LogP contribution < -0.4 is 5.32 Å². The lowest BCUT2D eigenvalue weighted by Crippen LogP contribution is -2.31. The molecule has 1 aliphatic rings. The molecule has 0 radical (unpaired) electrons. The van der Waals surface area contributed by atoms with Crippen LogP contribution in [0.3, 0.4) is 0 Å². The van der Waals surface area contributed by atoms with Crippen LogP contribution in [0.4, 0.5) is 11.6 Å². The molecule has 0 amide bonds. The van der Waals surface area contributed by atoms with Gasteiger partial charge < -0.3 is 10.4 Å². The summed E-state index contributed by atoms with van der Waals surface area (Å²) < 4.78 is 0. The van der Waals surface area contributed by atoms with E-state index in [-0.39, 0.29) is 12.6 Å². The Labute approximate surface area is 169 Å². The highest BCUT2D eigenvalue weighted by atomic mass is 32.1. The van der Waals surface area contributed by atoms with Crippen LogP contribution in [0.2, 0.25) is 0 Å². The van der Waals surface area contributed by atoms with E-state index < -0.39 is 0 Å². The van der Waals surface area contributed by atoms with Crippen molar-refractivity contribution in [3.05, 3.63) is 52.7 Å². The van der Waals surface area contributed by atoms with Crippen molar-refractivity contribution in [3.8, 4) is 10.7 Å². The fourth-order valence-electron chi connectivity index (χ4n) is 3.72. The number of nitrogens with one attached hydrogen (secondary N) is 1. The largest absolute Gasteiger partial charge is 0.395 e. The maximum Gasteiger partial charge on any atom is 0.227 e. The van der Waals surface area contributed by atoms with Crippen LogP contribution in [0.1, 0.15) is 28.8 Å². The van der Waals surface area contributed by atoms with Gasteiger partial charge in [-0.3, -0.25) is 4.90 Å². The Morgan fingerprint density at radius 3 is 2.82 bits per heavy atom. The number of thiazole rings is 1. The quantitative estimate of drug-likeness (QED) is 0.659. The zero-order valence-corrected chi connectivity index (χ0v) is 17.0. The number of benzene rings is 1. The Bertz CT molecular complexity index is 937. The van der Waals surface area contributed by atoms with Gasteiger partial charge in [0.2, 0.25) is 5.95 Å². The zero-order chi connectivity index (χ0) is 19.5. The molecule has 1 saturated heterocycles. The van der Waals surface area contributed by atoms with Gasteiger partial charge in [0.15, 0.2) is 0 Å². The molecule has 2 N–H and O–H groups in total. The third-order valence-corrected chi connectivity index (χ3v) is 5.98. The SMILES string of the molecule is Cc1cc(C)cc(Nc2nccc(-c3ncc(CN4CCC[C@H]4CO)s3)n2)c1. The number of aliphatic hydroxyl groups excluding tert-OH is 1. The molecule has 0 unspecified atom stereocenters. The van der Waals surface area contributed by atoms with E-state index in [1.807, 2.05) is 12.3 Å². The van der Waals surface area contributed by atoms with Crippen molar-refractivity contribution in [2.24, 2.45) is 0 Å². The number of aromatic nitrogens is 3. The summed E-state index contributed by atoms with van der Waals surface area (Å²) in [4.78, 5) is 17.1. The van der Waals surface area contributed by atoms with Gasteiger partial charge in [-0.2, -0.15) is 0 Å². The molecular formula is C21H25N5OS. The van der Waals surface area contributed by atoms with Gasteiger partial charge in [-0.15, -0.1) is 11.3 Å². The summed E-state index contributed by atoms with van der Waals surface area (Å²) in [7, 11) is 0. The molecule has 2 aromatic heterocycles. The number of hydrogen-bond donors (Lipinski definition) is 2. The first-order valence-electron chi connectivity index (χ1n) is 9.59. The molecule has 0 saturated carbocycles. The Hall–Kier alpha value is -2.35. The number of rotatable bonds is 6. The van der Waals surface area contributed by atoms with E-state index in [1.54, 1.807) is 17.5 Å². The number of anilines is 2. The summed E-state index contributed by atoms with van der Waals surface area (Å²) in [5.74, 6) is 0.569. The maximum atomic E-state index is 9.51. The highest BCUT2D eigenvalue weighted by molar-refractivity contribution is 7.14. The fourth-order valence-corrected chi connectivity index (χ4v) is 4.63. The lowest BCUT2D eigenvalue weighted by molar-refractivity contribution is 0.154. The summed E-state index contributed by atoms with van der Waals surface area (Å²) in [6.45, 7) is 6.26. The molecule has 146 valence electrons. The van der Waals surface area contributed by atoms with Gasteiger partial charge in [0.1, 0.15) is 10.7 Å². The van der Waals surface area contributed by atoms with E-state index in [2.05, 4.69) is 57.2 Å². The molecule has 1 aliphatic heterocycles. The third-order valence-electron chi connectivity index (χ3n) is 4.97. The average Bonchev–Trinajstić information content (AvgIpc) is 3.31. The van der Waals surface area contributed by atoms with Gasteiger partial charge in [0, 0.05) is 35.5 Å². The molecule has 0 aliphatic carbocycles. The fraction of sp³-hybridized carbons (Fsp3) is 0.381. The zero-order valence-electron chi connectivity index (χ0n) is 16.2. The van der Waals surface area contributed by atoms with Gasteiger partial charge in [-0.1, -0.05) is 6.07 Å². The second-order valence-electron chi connectivity index (χ2n) is 7.35. The van der Waals surface area contributed by atoms with Gasteiger partial charge in [0.25, 0.3) is 0 Å². The highest BCUT2D eigenvalue weighted by Gasteiger charge is 2.24. The standard InChI is InChI=1S/C21H25N5OS/c1-14-8-15(2)10-16(9-14)24-21-22-6-5-19(25-21)20-23-11-18(28-20)12-26-7-3-4-17(26)13-27/h5-6,8-11,17,27H,3-4,7,12-13H2,1-2H3,(H,22,24,25)/t17-/m0/s1. The van der Waals surface area contributed by atoms with E-state index >= 15 is 0 Å². The summed E-state index contributed by atoms with van der Waals surface area (Å²) >= 11 is 1.65. The summed E-state index contributed by atoms with van der Waals surface area (Å²) in [6.07, 6.45) is 5.90. The van der Waals surface area contributed by atoms with Crippen molar-refractivity contribution < 1.29 is 5.11 Å². The van der Waals surface area contributed by atoms with Crippen LogP contribution in [0.25, 0.3) is 10.7 Å². The first kappa shape index (κ1) is 19.0. The van der Waals surface area contributed by atoms with E-state index in [4.69, 9.17) is 0 Å². The lowest BCUT2D eigenvalue weighted by atomic mass is 10.1. The maximum absolute atomic E-state index is 9.51. The van der Waals surface area contributed by atoms with Crippen LogP contribution in [-0.2, 0) is 6.54 Å². The van der Waals surface area contributed by atoms with Gasteiger partial charge in [-0.25, -0.2) is 15.0 Å². The molecule has 1 atom stereocenters. The minimum Gasteiger partial charge on any atom is -0.395 e. The highest BCUT2D eigenvalue weighted by Crippen LogP contribution is 2.28. The van der Waals surface area contributed by atoms with E-state index in [1.165, 1.54) is 16.0 Å². The second kappa shape index (κ2) is 8.34. The van der Waals surface area contributed by atoms with Gasteiger partial charge >= 0.3 is 0 Å². The van der Waals surface area contributed by atoms with Crippen molar-refractivity contribution in [3.63, 3.8) is 0 Å². The Kier molecular flexibility index (Phi) is 5.66. The molecule has 1 fully saturated rings. The Balaban J connectivity index is 1.49. The van der Waals surface area contributed by atoms with Crippen LogP contribution in [0.15, 0.2) is 36.7 Å². The van der Waals surface area contributed by atoms with Gasteiger partial charge in [-0.05, 0) is 62.6 Å². The number of hydrogen-bond acceptors (Lipinski definition) is 7. The first-order valence-corrected chi connectivity index (χ1v) is 10.4. The van der Waals surface area contributed by atoms with Crippen LogP contribution in [-0.4, -0.2) is 44.2 Å². The van der Waals surface area contributed by atoms with E-state index in [0.29, 0.717) is 5.95 Å².